The molecule has 11 heteroatoms. The number of anilines is 1. The van der Waals surface area contributed by atoms with E-state index >= 15 is 0 Å². The quantitative estimate of drug-likeness (QED) is 0.288. The van der Waals surface area contributed by atoms with Gasteiger partial charge in [-0.2, -0.15) is 4.31 Å². The maximum atomic E-state index is 12.8. The maximum Gasteiger partial charge on any atom is 0.271 e. The van der Waals surface area contributed by atoms with Gasteiger partial charge in [0.25, 0.3) is 5.69 Å². The fraction of sp³-hybridized carbons (Fsp3) is 0.350. The molecule has 166 valence electrons. The van der Waals surface area contributed by atoms with Gasteiger partial charge in [-0.3, -0.25) is 14.9 Å². The zero-order valence-electron chi connectivity index (χ0n) is 16.7. The zero-order chi connectivity index (χ0) is 22.8. The van der Waals surface area contributed by atoms with Crippen molar-refractivity contribution >= 4 is 59.0 Å². The van der Waals surface area contributed by atoms with Crippen molar-refractivity contribution in [3.63, 3.8) is 0 Å². The van der Waals surface area contributed by atoms with Gasteiger partial charge in [-0.25, -0.2) is 8.42 Å². The smallest absolute Gasteiger partial charge is 0.271 e. The van der Waals surface area contributed by atoms with Crippen LogP contribution in [0.1, 0.15) is 30.1 Å². The summed E-state index contributed by atoms with van der Waals surface area (Å²) in [4.78, 5) is 23.1. The van der Waals surface area contributed by atoms with Gasteiger partial charge < -0.3 is 5.32 Å². The van der Waals surface area contributed by atoms with Gasteiger partial charge in [0.05, 0.1) is 22.1 Å². The molecule has 2 aromatic carbocycles. The van der Waals surface area contributed by atoms with Crippen LogP contribution in [0, 0.1) is 16.0 Å². The second-order valence-electron chi connectivity index (χ2n) is 7.43. The average molecular weight is 575 g/mol. The molecule has 1 N–H and O–H groups in total. The summed E-state index contributed by atoms with van der Waals surface area (Å²) in [5.41, 5.74) is 0.793. The lowest BCUT2D eigenvalue weighted by molar-refractivity contribution is -0.385. The highest BCUT2D eigenvalue weighted by atomic mass is 79.9. The van der Waals surface area contributed by atoms with E-state index in [1.54, 1.807) is 0 Å². The van der Waals surface area contributed by atoms with Crippen molar-refractivity contribution in [2.75, 3.05) is 25.0 Å². The van der Waals surface area contributed by atoms with Crippen molar-refractivity contribution < 1.29 is 18.1 Å². The van der Waals surface area contributed by atoms with Crippen LogP contribution in [0.5, 0.6) is 0 Å². The number of benzene rings is 2. The molecule has 3 rings (SSSR count). The molecule has 0 spiro atoms. The number of rotatable bonds is 7. The van der Waals surface area contributed by atoms with Crippen LogP contribution in [0.3, 0.4) is 0 Å². The molecule has 1 aliphatic heterocycles. The van der Waals surface area contributed by atoms with Crippen molar-refractivity contribution in [1.82, 2.24) is 4.31 Å². The fourth-order valence-corrected chi connectivity index (χ4v) is 6.20. The van der Waals surface area contributed by atoms with Crippen LogP contribution >= 0.6 is 31.9 Å². The minimum atomic E-state index is -3.57. The lowest BCUT2D eigenvalue weighted by Crippen LogP contribution is -2.37. The summed E-state index contributed by atoms with van der Waals surface area (Å²) in [5.74, 6) is 0.280. The highest BCUT2D eigenvalue weighted by Gasteiger charge is 2.28. The Morgan fingerprint density at radius 3 is 2.23 bits per heavy atom. The van der Waals surface area contributed by atoms with E-state index in [2.05, 4.69) is 44.1 Å². The van der Waals surface area contributed by atoms with Gasteiger partial charge in [-0.1, -0.05) is 6.92 Å². The number of carbonyl (C=O) groups is 1. The zero-order valence-corrected chi connectivity index (χ0v) is 20.7. The molecule has 1 heterocycles. The number of hydrogen-bond donors (Lipinski definition) is 1. The molecule has 0 bridgehead atoms. The van der Waals surface area contributed by atoms with Gasteiger partial charge >= 0.3 is 0 Å². The molecule has 0 atom stereocenters. The highest BCUT2D eigenvalue weighted by molar-refractivity contribution is 9.11. The minimum Gasteiger partial charge on any atom is -0.376 e. The van der Waals surface area contributed by atoms with Gasteiger partial charge in [-0.05, 0) is 74.9 Å². The van der Waals surface area contributed by atoms with Gasteiger partial charge in [0.15, 0.2) is 5.78 Å². The summed E-state index contributed by atoms with van der Waals surface area (Å²) in [6.07, 6.45) is 1.68. The van der Waals surface area contributed by atoms with Gasteiger partial charge in [0, 0.05) is 39.7 Å². The Labute approximate surface area is 197 Å². The fourth-order valence-electron chi connectivity index (χ4n) is 3.29. The molecular formula is C20H21Br2N3O5S. The van der Waals surface area contributed by atoms with Crippen molar-refractivity contribution in [1.29, 1.82) is 0 Å². The standard InChI is InChI=1S/C20H21Br2N3O5S/c1-13-6-8-24(9-7-13)31(29,30)16-4-2-14(3-5-16)19(26)12-23-20-17(21)10-15(25(27)28)11-18(20)22/h2-5,10-11,13,23H,6-9,12H2,1H3. The first kappa shape index (κ1) is 23.8. The number of sulfonamides is 1. The van der Waals surface area contributed by atoms with Crippen LogP contribution in [-0.2, 0) is 10.0 Å². The number of nitro benzene ring substituents is 1. The summed E-state index contributed by atoms with van der Waals surface area (Å²) in [6, 6.07) is 8.61. The van der Waals surface area contributed by atoms with Crippen LogP contribution in [0.25, 0.3) is 0 Å². The van der Waals surface area contributed by atoms with E-state index in [0.717, 1.165) is 12.8 Å². The normalized spacial score (nSPS) is 15.6. The third-order valence-corrected chi connectivity index (χ3v) is 8.38. The third-order valence-electron chi connectivity index (χ3n) is 5.22. The molecule has 1 fully saturated rings. The number of piperidine rings is 1. The number of carbonyl (C=O) groups excluding carboxylic acids is 1. The largest absolute Gasteiger partial charge is 0.376 e. The highest BCUT2D eigenvalue weighted by Crippen LogP contribution is 2.35. The van der Waals surface area contributed by atoms with Crippen molar-refractivity contribution in [2.45, 2.75) is 24.7 Å². The Balaban J connectivity index is 1.68. The molecule has 0 radical (unpaired) electrons. The Kier molecular flexibility index (Phi) is 7.51. The molecule has 0 aliphatic carbocycles. The monoisotopic (exact) mass is 573 g/mol. The summed E-state index contributed by atoms with van der Waals surface area (Å²) in [7, 11) is -3.57. The lowest BCUT2D eigenvalue weighted by Gasteiger charge is -2.29. The number of Topliss-reactive ketones (excluding diaryl/α,β-unsaturated/α-hetero) is 1. The number of hydrogen-bond acceptors (Lipinski definition) is 6. The molecule has 0 saturated carbocycles. The lowest BCUT2D eigenvalue weighted by atomic mass is 10.0. The number of nitrogens with one attached hydrogen (secondary N) is 1. The van der Waals surface area contributed by atoms with Crippen molar-refractivity contribution in [2.24, 2.45) is 5.92 Å². The predicted molar refractivity (Wildman–Crippen MR) is 125 cm³/mol. The van der Waals surface area contributed by atoms with Crippen LogP contribution in [0.4, 0.5) is 11.4 Å². The molecule has 1 saturated heterocycles. The molecule has 31 heavy (non-hydrogen) atoms. The number of non-ortho nitro benzene ring substituents is 1. The van der Waals surface area contributed by atoms with Crippen molar-refractivity contribution in [3.05, 3.63) is 61.0 Å². The number of nitro groups is 1. The molecule has 0 amide bonds. The summed E-state index contributed by atoms with van der Waals surface area (Å²) >= 11 is 6.53. The van der Waals surface area contributed by atoms with E-state index in [1.807, 2.05) is 0 Å². The molecular weight excluding hydrogens is 554 g/mol. The van der Waals surface area contributed by atoms with E-state index < -0.39 is 14.9 Å². The van der Waals surface area contributed by atoms with E-state index in [9.17, 15) is 23.3 Å². The predicted octanol–water partition coefficient (Wildman–Crippen LogP) is 4.84. The molecule has 0 aromatic heterocycles. The molecule has 8 nitrogen and oxygen atoms in total. The van der Waals surface area contributed by atoms with Gasteiger partial charge in [0.2, 0.25) is 10.0 Å². The average Bonchev–Trinajstić information content (AvgIpc) is 2.73. The van der Waals surface area contributed by atoms with E-state index in [4.69, 9.17) is 0 Å². The number of halogens is 2. The first-order chi connectivity index (χ1) is 14.6. The first-order valence-electron chi connectivity index (χ1n) is 9.60. The summed E-state index contributed by atoms with van der Waals surface area (Å²) < 4.78 is 28.0. The van der Waals surface area contributed by atoms with E-state index in [1.165, 1.54) is 40.7 Å². The summed E-state index contributed by atoms with van der Waals surface area (Å²) in [6.45, 7) is 3.07. The minimum absolute atomic E-state index is 0.0644. The second-order valence-corrected chi connectivity index (χ2v) is 11.1. The van der Waals surface area contributed by atoms with Crippen LogP contribution in [0.2, 0.25) is 0 Å². The number of ketones is 1. The SMILES string of the molecule is CC1CCN(S(=O)(=O)c2ccc(C(=O)CNc3c(Br)cc([N+](=O)[O-])cc3Br)cc2)CC1. The molecule has 1 aliphatic rings. The van der Waals surface area contributed by atoms with Crippen LogP contribution < -0.4 is 5.32 Å². The van der Waals surface area contributed by atoms with E-state index in [-0.39, 0.29) is 22.9 Å². The van der Waals surface area contributed by atoms with E-state index in [0.29, 0.717) is 39.2 Å². The van der Waals surface area contributed by atoms with Crippen LogP contribution in [0.15, 0.2) is 50.2 Å². The third kappa shape index (κ3) is 5.51. The van der Waals surface area contributed by atoms with Crippen molar-refractivity contribution in [3.8, 4) is 0 Å². The second kappa shape index (κ2) is 9.76. The topological polar surface area (TPSA) is 110 Å². The Bertz CT molecular complexity index is 1080. The van der Waals surface area contributed by atoms with Gasteiger partial charge in [-0.15, -0.1) is 0 Å². The molecule has 0 unspecified atom stereocenters. The summed E-state index contributed by atoms with van der Waals surface area (Å²) in [5, 5.41) is 13.9. The maximum absolute atomic E-state index is 12.8. The first-order valence-corrected chi connectivity index (χ1v) is 12.6. The molecule has 2 aromatic rings. The Hall–Kier alpha value is -1.82. The van der Waals surface area contributed by atoms with Crippen LogP contribution in [-0.4, -0.2) is 43.1 Å². The van der Waals surface area contributed by atoms with Gasteiger partial charge in [0.1, 0.15) is 0 Å². The number of nitrogens with zero attached hydrogens (tertiary/aromatic N) is 2. The Morgan fingerprint density at radius 1 is 1.16 bits per heavy atom. The Morgan fingerprint density at radius 2 is 1.71 bits per heavy atom.